The molecule has 1 aliphatic heterocycles. The van der Waals surface area contributed by atoms with Crippen LogP contribution in [-0.2, 0) is 9.47 Å². The van der Waals surface area contributed by atoms with Crippen LogP contribution in [0.3, 0.4) is 0 Å². The van der Waals surface area contributed by atoms with Crippen molar-refractivity contribution < 1.29 is 22.6 Å². The van der Waals surface area contributed by atoms with Crippen LogP contribution in [0, 0.1) is 0 Å². The fraction of sp³-hybridized carbons (Fsp3) is 1.00. The van der Waals surface area contributed by atoms with Crippen LogP contribution in [0.25, 0.3) is 0 Å². The van der Waals surface area contributed by atoms with Crippen LogP contribution in [0.15, 0.2) is 0 Å². The molecule has 1 N–H and O–H groups in total. The highest BCUT2D eigenvalue weighted by molar-refractivity contribution is 4.64. The highest BCUT2D eigenvalue weighted by Gasteiger charge is 2.25. The molecule has 0 spiro atoms. The van der Waals surface area contributed by atoms with Crippen LogP contribution in [0.2, 0.25) is 0 Å². The molecule has 1 saturated heterocycles. The predicted molar refractivity (Wildman–Crippen MR) is 48.5 cm³/mol. The van der Waals surface area contributed by atoms with Crippen LogP contribution in [-0.4, -0.2) is 38.8 Å². The number of ether oxygens (including phenoxy) is 2. The van der Waals surface area contributed by atoms with Crippen molar-refractivity contribution >= 4 is 0 Å². The second-order valence-corrected chi connectivity index (χ2v) is 3.53. The standard InChI is InChI=1S/C9H16F3NO2/c10-9(11,12)3-1-4-13-6-8-2-5-14-7-15-8/h8,13H,1-7H2. The summed E-state index contributed by atoms with van der Waals surface area (Å²) in [6, 6.07) is 0. The van der Waals surface area contributed by atoms with Gasteiger partial charge in [0.15, 0.2) is 0 Å². The van der Waals surface area contributed by atoms with Crippen molar-refractivity contribution in [2.45, 2.75) is 31.5 Å². The summed E-state index contributed by atoms with van der Waals surface area (Å²) in [6.45, 7) is 1.92. The maximum absolute atomic E-state index is 11.8. The third kappa shape index (κ3) is 6.70. The van der Waals surface area contributed by atoms with E-state index in [-0.39, 0.29) is 19.3 Å². The molecule has 0 aromatic heterocycles. The quantitative estimate of drug-likeness (QED) is 0.725. The minimum atomic E-state index is -4.04. The van der Waals surface area contributed by atoms with Crippen molar-refractivity contribution in [3.8, 4) is 0 Å². The molecular weight excluding hydrogens is 211 g/mol. The van der Waals surface area contributed by atoms with E-state index in [9.17, 15) is 13.2 Å². The van der Waals surface area contributed by atoms with Crippen LogP contribution in [0.1, 0.15) is 19.3 Å². The Labute approximate surface area is 86.9 Å². The normalized spacial score (nSPS) is 23.0. The highest BCUT2D eigenvalue weighted by atomic mass is 19.4. The lowest BCUT2D eigenvalue weighted by Gasteiger charge is -2.23. The molecule has 1 unspecified atom stereocenters. The largest absolute Gasteiger partial charge is 0.389 e. The first kappa shape index (κ1) is 12.7. The lowest BCUT2D eigenvalue weighted by molar-refractivity contribution is -0.138. The zero-order valence-electron chi connectivity index (χ0n) is 8.48. The molecule has 0 aliphatic carbocycles. The number of hydrogen-bond acceptors (Lipinski definition) is 3. The topological polar surface area (TPSA) is 30.5 Å². The molecule has 15 heavy (non-hydrogen) atoms. The second-order valence-electron chi connectivity index (χ2n) is 3.53. The Bertz CT molecular complexity index is 169. The zero-order valence-corrected chi connectivity index (χ0v) is 8.48. The molecule has 1 aliphatic rings. The average Bonchev–Trinajstić information content (AvgIpc) is 2.17. The first-order valence-corrected chi connectivity index (χ1v) is 5.05. The first-order valence-electron chi connectivity index (χ1n) is 5.05. The molecule has 0 saturated carbocycles. The van der Waals surface area contributed by atoms with Crippen LogP contribution in [0.5, 0.6) is 0 Å². The summed E-state index contributed by atoms with van der Waals surface area (Å²) >= 11 is 0. The van der Waals surface area contributed by atoms with E-state index in [1.54, 1.807) is 0 Å². The van der Waals surface area contributed by atoms with E-state index in [1.165, 1.54) is 0 Å². The summed E-state index contributed by atoms with van der Waals surface area (Å²) in [5.41, 5.74) is 0. The van der Waals surface area contributed by atoms with Gasteiger partial charge in [-0.25, -0.2) is 0 Å². The summed E-state index contributed by atoms with van der Waals surface area (Å²) in [7, 11) is 0. The van der Waals surface area contributed by atoms with Gasteiger partial charge in [0.05, 0.1) is 12.7 Å². The van der Waals surface area contributed by atoms with E-state index in [1.807, 2.05) is 0 Å². The van der Waals surface area contributed by atoms with Gasteiger partial charge in [0, 0.05) is 13.0 Å². The molecule has 1 fully saturated rings. The average molecular weight is 227 g/mol. The molecule has 1 rings (SSSR count). The Balaban J connectivity index is 1.92. The number of hydrogen-bond donors (Lipinski definition) is 1. The van der Waals surface area contributed by atoms with E-state index in [0.29, 0.717) is 19.7 Å². The molecule has 6 heteroatoms. The van der Waals surface area contributed by atoms with Gasteiger partial charge in [-0.3, -0.25) is 0 Å². The second kappa shape index (κ2) is 6.30. The Morgan fingerprint density at radius 2 is 2.13 bits per heavy atom. The van der Waals surface area contributed by atoms with Crippen molar-refractivity contribution in [3.05, 3.63) is 0 Å². The molecule has 1 atom stereocenters. The molecule has 0 aromatic rings. The minimum absolute atomic E-state index is 0.0737. The van der Waals surface area contributed by atoms with E-state index >= 15 is 0 Å². The number of nitrogens with one attached hydrogen (secondary N) is 1. The summed E-state index contributed by atoms with van der Waals surface area (Å²) in [5, 5.41) is 2.95. The fourth-order valence-corrected chi connectivity index (χ4v) is 1.34. The monoisotopic (exact) mass is 227 g/mol. The number of rotatable bonds is 5. The van der Waals surface area contributed by atoms with Crippen LogP contribution >= 0.6 is 0 Å². The van der Waals surface area contributed by atoms with Crippen molar-refractivity contribution in [3.63, 3.8) is 0 Å². The first-order chi connectivity index (χ1) is 7.08. The van der Waals surface area contributed by atoms with Gasteiger partial charge in [0.25, 0.3) is 0 Å². The fourth-order valence-electron chi connectivity index (χ4n) is 1.34. The van der Waals surface area contributed by atoms with E-state index in [4.69, 9.17) is 9.47 Å². The molecule has 0 aromatic carbocycles. The van der Waals surface area contributed by atoms with Crippen LogP contribution in [0.4, 0.5) is 13.2 Å². The third-order valence-electron chi connectivity index (χ3n) is 2.16. The van der Waals surface area contributed by atoms with Gasteiger partial charge in [0.1, 0.15) is 6.79 Å². The Morgan fingerprint density at radius 3 is 2.73 bits per heavy atom. The van der Waals surface area contributed by atoms with Gasteiger partial charge < -0.3 is 14.8 Å². The van der Waals surface area contributed by atoms with Gasteiger partial charge >= 0.3 is 6.18 Å². The van der Waals surface area contributed by atoms with Crippen LogP contribution < -0.4 is 5.32 Å². The third-order valence-corrected chi connectivity index (χ3v) is 2.16. The molecule has 1 heterocycles. The molecule has 0 amide bonds. The zero-order chi connectivity index (χ0) is 11.1. The van der Waals surface area contributed by atoms with Gasteiger partial charge in [-0.2, -0.15) is 13.2 Å². The summed E-state index contributed by atoms with van der Waals surface area (Å²) in [6.07, 6.45) is -3.78. The molecular formula is C9H16F3NO2. The van der Waals surface area contributed by atoms with Gasteiger partial charge in [-0.05, 0) is 19.4 Å². The molecule has 0 radical (unpaired) electrons. The van der Waals surface area contributed by atoms with E-state index in [0.717, 1.165) is 6.42 Å². The summed E-state index contributed by atoms with van der Waals surface area (Å²) < 4.78 is 45.5. The van der Waals surface area contributed by atoms with Gasteiger partial charge in [-0.1, -0.05) is 0 Å². The highest BCUT2D eigenvalue weighted by Crippen LogP contribution is 2.20. The smallest absolute Gasteiger partial charge is 0.355 e. The number of alkyl halides is 3. The molecule has 3 nitrogen and oxygen atoms in total. The minimum Gasteiger partial charge on any atom is -0.355 e. The molecule has 0 bridgehead atoms. The van der Waals surface area contributed by atoms with Crippen molar-refractivity contribution in [2.24, 2.45) is 0 Å². The van der Waals surface area contributed by atoms with Crippen molar-refractivity contribution in [2.75, 3.05) is 26.5 Å². The lowest BCUT2D eigenvalue weighted by Crippen LogP contribution is -2.34. The predicted octanol–water partition coefficient (Wildman–Crippen LogP) is 1.68. The van der Waals surface area contributed by atoms with E-state index < -0.39 is 12.6 Å². The van der Waals surface area contributed by atoms with Gasteiger partial charge in [-0.15, -0.1) is 0 Å². The summed E-state index contributed by atoms with van der Waals surface area (Å²) in [4.78, 5) is 0. The lowest BCUT2D eigenvalue weighted by atomic mass is 10.2. The summed E-state index contributed by atoms with van der Waals surface area (Å²) in [5.74, 6) is 0. The van der Waals surface area contributed by atoms with Crippen molar-refractivity contribution in [1.82, 2.24) is 5.32 Å². The Kier molecular flexibility index (Phi) is 5.35. The molecule has 90 valence electrons. The SMILES string of the molecule is FC(F)(F)CCCNCC1CCOCO1. The Hall–Kier alpha value is -0.330. The van der Waals surface area contributed by atoms with Crippen molar-refractivity contribution in [1.29, 1.82) is 0 Å². The Morgan fingerprint density at radius 1 is 1.33 bits per heavy atom. The number of halogens is 3. The van der Waals surface area contributed by atoms with Gasteiger partial charge in [0.2, 0.25) is 0 Å². The maximum Gasteiger partial charge on any atom is 0.389 e. The maximum atomic E-state index is 11.8. The van der Waals surface area contributed by atoms with E-state index in [2.05, 4.69) is 5.32 Å².